The Morgan fingerprint density at radius 2 is 1.84 bits per heavy atom. The standard InChI is InChI=1S/C12H14FN3O3/c13-9-1-3-10(4-2-9)15-11(17)19-12(18)16-7-5-14-6-8-16/h1-4,14H,5-8H2,(H,15,17). The molecule has 2 rings (SSSR count). The molecule has 0 unspecified atom stereocenters. The molecular formula is C12H14FN3O3. The minimum Gasteiger partial charge on any atom is -0.359 e. The number of carbonyl (C=O) groups is 2. The van der Waals surface area contributed by atoms with Crippen molar-refractivity contribution in [2.75, 3.05) is 31.5 Å². The zero-order valence-corrected chi connectivity index (χ0v) is 10.2. The first-order valence-corrected chi connectivity index (χ1v) is 5.89. The number of rotatable bonds is 1. The van der Waals surface area contributed by atoms with Crippen LogP contribution in [0.25, 0.3) is 0 Å². The van der Waals surface area contributed by atoms with Crippen LogP contribution in [0.2, 0.25) is 0 Å². The van der Waals surface area contributed by atoms with Gasteiger partial charge in [0.05, 0.1) is 0 Å². The van der Waals surface area contributed by atoms with Gasteiger partial charge in [0, 0.05) is 31.9 Å². The fourth-order valence-electron chi connectivity index (χ4n) is 1.67. The van der Waals surface area contributed by atoms with E-state index < -0.39 is 18.0 Å². The lowest BCUT2D eigenvalue weighted by molar-refractivity contribution is 0.119. The maximum absolute atomic E-state index is 12.7. The van der Waals surface area contributed by atoms with Crippen molar-refractivity contribution >= 4 is 17.9 Å². The summed E-state index contributed by atoms with van der Waals surface area (Å²) in [6.45, 7) is 2.36. The number of hydrogen-bond donors (Lipinski definition) is 2. The summed E-state index contributed by atoms with van der Waals surface area (Å²) in [6, 6.07) is 5.17. The molecule has 0 aliphatic carbocycles. The van der Waals surface area contributed by atoms with Gasteiger partial charge in [-0.05, 0) is 24.3 Å². The van der Waals surface area contributed by atoms with E-state index in [4.69, 9.17) is 0 Å². The second-order valence-corrected chi connectivity index (χ2v) is 4.02. The number of anilines is 1. The lowest BCUT2D eigenvalue weighted by Gasteiger charge is -2.25. The molecule has 19 heavy (non-hydrogen) atoms. The maximum Gasteiger partial charge on any atom is 0.420 e. The summed E-state index contributed by atoms with van der Waals surface area (Å²) in [5.74, 6) is -0.407. The number of nitrogens with zero attached hydrogens (tertiary/aromatic N) is 1. The van der Waals surface area contributed by atoms with Crippen molar-refractivity contribution in [3.05, 3.63) is 30.1 Å². The van der Waals surface area contributed by atoms with Crippen LogP contribution in [0.1, 0.15) is 0 Å². The molecule has 1 aromatic rings. The van der Waals surface area contributed by atoms with Gasteiger partial charge in [0.15, 0.2) is 0 Å². The van der Waals surface area contributed by atoms with E-state index in [0.717, 1.165) is 0 Å². The van der Waals surface area contributed by atoms with E-state index in [-0.39, 0.29) is 0 Å². The smallest absolute Gasteiger partial charge is 0.359 e. The number of nitrogens with one attached hydrogen (secondary N) is 2. The van der Waals surface area contributed by atoms with Crippen molar-refractivity contribution in [3.8, 4) is 0 Å². The van der Waals surface area contributed by atoms with Gasteiger partial charge in [-0.2, -0.15) is 0 Å². The average Bonchev–Trinajstić information content (AvgIpc) is 2.42. The predicted molar refractivity (Wildman–Crippen MR) is 66.3 cm³/mol. The predicted octanol–water partition coefficient (Wildman–Crippen LogP) is 1.40. The third-order valence-corrected chi connectivity index (χ3v) is 2.65. The van der Waals surface area contributed by atoms with Crippen molar-refractivity contribution in [1.82, 2.24) is 10.2 Å². The van der Waals surface area contributed by atoms with Crippen molar-refractivity contribution in [3.63, 3.8) is 0 Å². The van der Waals surface area contributed by atoms with E-state index in [0.29, 0.717) is 31.9 Å². The first-order chi connectivity index (χ1) is 9.15. The van der Waals surface area contributed by atoms with Crippen LogP contribution in [0.15, 0.2) is 24.3 Å². The number of benzene rings is 1. The molecule has 7 heteroatoms. The van der Waals surface area contributed by atoms with E-state index in [9.17, 15) is 14.0 Å². The highest BCUT2D eigenvalue weighted by Gasteiger charge is 2.20. The Kier molecular flexibility index (Phi) is 4.30. The molecule has 0 saturated carbocycles. The summed E-state index contributed by atoms with van der Waals surface area (Å²) >= 11 is 0. The largest absolute Gasteiger partial charge is 0.420 e. The number of piperazine rings is 1. The summed E-state index contributed by atoms with van der Waals surface area (Å²) in [5.41, 5.74) is 0.361. The van der Waals surface area contributed by atoms with Gasteiger partial charge in [-0.15, -0.1) is 0 Å². The SMILES string of the molecule is O=C(Nc1ccc(F)cc1)OC(=O)N1CCNCC1. The van der Waals surface area contributed by atoms with Gasteiger partial charge in [-0.3, -0.25) is 5.32 Å². The molecule has 6 nitrogen and oxygen atoms in total. The van der Waals surface area contributed by atoms with E-state index >= 15 is 0 Å². The first-order valence-electron chi connectivity index (χ1n) is 5.89. The molecule has 1 aliphatic heterocycles. The molecule has 0 spiro atoms. The van der Waals surface area contributed by atoms with Gasteiger partial charge >= 0.3 is 12.2 Å². The highest BCUT2D eigenvalue weighted by Crippen LogP contribution is 2.09. The Balaban J connectivity index is 1.83. The molecule has 2 N–H and O–H groups in total. The Hall–Kier alpha value is -2.15. The van der Waals surface area contributed by atoms with Gasteiger partial charge in [0.2, 0.25) is 0 Å². The van der Waals surface area contributed by atoms with Crippen LogP contribution in [-0.2, 0) is 4.74 Å². The van der Waals surface area contributed by atoms with E-state index in [1.165, 1.54) is 29.2 Å². The summed E-state index contributed by atoms with van der Waals surface area (Å²) in [7, 11) is 0. The monoisotopic (exact) mass is 267 g/mol. The van der Waals surface area contributed by atoms with Crippen LogP contribution in [0, 0.1) is 5.82 Å². The normalized spacial score (nSPS) is 14.9. The topological polar surface area (TPSA) is 70.7 Å². The molecule has 2 amide bonds. The number of amides is 2. The molecule has 102 valence electrons. The van der Waals surface area contributed by atoms with Gasteiger partial charge < -0.3 is 15.0 Å². The van der Waals surface area contributed by atoms with Crippen LogP contribution >= 0.6 is 0 Å². The fourth-order valence-corrected chi connectivity index (χ4v) is 1.67. The molecule has 0 atom stereocenters. The highest BCUT2D eigenvalue weighted by atomic mass is 19.1. The average molecular weight is 267 g/mol. The second kappa shape index (κ2) is 6.14. The summed E-state index contributed by atoms with van der Waals surface area (Å²) in [4.78, 5) is 24.5. The van der Waals surface area contributed by atoms with E-state index in [1.54, 1.807) is 0 Å². The Morgan fingerprint density at radius 3 is 2.47 bits per heavy atom. The Labute approximate surface area is 109 Å². The molecule has 1 fully saturated rings. The van der Waals surface area contributed by atoms with E-state index in [2.05, 4.69) is 15.4 Å². The highest BCUT2D eigenvalue weighted by molar-refractivity contribution is 5.92. The van der Waals surface area contributed by atoms with Gasteiger partial charge in [-0.25, -0.2) is 14.0 Å². The number of carbonyl (C=O) groups excluding carboxylic acids is 2. The summed E-state index contributed by atoms with van der Waals surface area (Å²) in [6.07, 6.45) is -1.56. The van der Waals surface area contributed by atoms with Crippen LogP contribution in [0.4, 0.5) is 19.7 Å². The van der Waals surface area contributed by atoms with Crippen molar-refractivity contribution in [2.24, 2.45) is 0 Å². The minimum absolute atomic E-state index is 0.361. The first kappa shape index (κ1) is 13.3. The van der Waals surface area contributed by atoms with Gasteiger partial charge in [0.25, 0.3) is 0 Å². The third kappa shape index (κ3) is 3.92. The van der Waals surface area contributed by atoms with Crippen LogP contribution in [0.5, 0.6) is 0 Å². The quantitative estimate of drug-likeness (QED) is 0.754. The third-order valence-electron chi connectivity index (χ3n) is 2.65. The molecular weight excluding hydrogens is 253 g/mol. The fraction of sp³-hybridized carbons (Fsp3) is 0.333. The molecule has 0 radical (unpaired) electrons. The molecule has 1 aliphatic rings. The lowest BCUT2D eigenvalue weighted by Crippen LogP contribution is -2.47. The van der Waals surface area contributed by atoms with Crippen molar-refractivity contribution in [2.45, 2.75) is 0 Å². The molecule has 1 aromatic carbocycles. The summed E-state index contributed by atoms with van der Waals surface area (Å²) < 4.78 is 17.3. The number of hydrogen-bond acceptors (Lipinski definition) is 4. The second-order valence-electron chi connectivity index (χ2n) is 4.02. The Bertz CT molecular complexity index is 458. The molecule has 0 bridgehead atoms. The van der Waals surface area contributed by atoms with Crippen LogP contribution in [-0.4, -0.2) is 43.3 Å². The van der Waals surface area contributed by atoms with Crippen LogP contribution in [0.3, 0.4) is 0 Å². The van der Waals surface area contributed by atoms with Crippen LogP contribution < -0.4 is 10.6 Å². The summed E-state index contributed by atoms with van der Waals surface area (Å²) in [5, 5.41) is 5.43. The number of ether oxygens (including phenoxy) is 1. The molecule has 1 saturated heterocycles. The molecule has 1 heterocycles. The zero-order chi connectivity index (χ0) is 13.7. The van der Waals surface area contributed by atoms with Crippen molar-refractivity contribution < 1.29 is 18.7 Å². The van der Waals surface area contributed by atoms with Crippen molar-refractivity contribution in [1.29, 1.82) is 0 Å². The van der Waals surface area contributed by atoms with Gasteiger partial charge in [0.1, 0.15) is 5.82 Å². The Morgan fingerprint density at radius 1 is 1.21 bits per heavy atom. The maximum atomic E-state index is 12.7. The zero-order valence-electron chi connectivity index (χ0n) is 10.2. The minimum atomic E-state index is -0.879. The molecule has 0 aromatic heterocycles. The number of halogens is 1. The lowest BCUT2D eigenvalue weighted by atomic mass is 10.3. The van der Waals surface area contributed by atoms with Gasteiger partial charge in [-0.1, -0.05) is 0 Å². The van der Waals surface area contributed by atoms with E-state index in [1.807, 2.05) is 0 Å².